The van der Waals surface area contributed by atoms with E-state index in [2.05, 4.69) is 19.2 Å². The van der Waals surface area contributed by atoms with Crippen LogP contribution in [-0.4, -0.2) is 50.3 Å². The zero-order valence-corrected chi connectivity index (χ0v) is 19.3. The van der Waals surface area contributed by atoms with E-state index in [9.17, 15) is 18.0 Å². The number of carbonyl (C=O) groups excluding carboxylic acids is 2. The Morgan fingerprint density at radius 3 is 2.16 bits per heavy atom. The van der Waals surface area contributed by atoms with E-state index in [0.717, 1.165) is 32.1 Å². The predicted molar refractivity (Wildman–Crippen MR) is 118 cm³/mol. The van der Waals surface area contributed by atoms with Crippen molar-refractivity contribution in [1.82, 2.24) is 9.62 Å². The Bertz CT molecular complexity index is 850. The number of hydrogen-bond donors (Lipinski definition) is 1. The smallest absolute Gasteiger partial charge is 0.338 e. The number of benzene rings is 1. The second-order valence-corrected chi connectivity index (χ2v) is 11.1. The fraction of sp³-hybridized carbons (Fsp3) is 0.652. The summed E-state index contributed by atoms with van der Waals surface area (Å²) in [7, 11) is -3.60. The van der Waals surface area contributed by atoms with Crippen LogP contribution in [0.3, 0.4) is 0 Å². The minimum Gasteiger partial charge on any atom is -0.452 e. The van der Waals surface area contributed by atoms with Crippen LogP contribution in [0.15, 0.2) is 29.2 Å². The molecule has 1 amide bonds. The molecule has 0 aromatic heterocycles. The van der Waals surface area contributed by atoms with Gasteiger partial charge in [-0.05, 0) is 55.4 Å². The van der Waals surface area contributed by atoms with Crippen LogP contribution < -0.4 is 5.32 Å². The normalized spacial score (nSPS) is 23.7. The van der Waals surface area contributed by atoms with Crippen molar-refractivity contribution in [2.75, 3.05) is 19.7 Å². The monoisotopic (exact) mass is 450 g/mol. The minimum atomic E-state index is -3.60. The standard InChI is InChI=1S/C23H34N2O5S/c1-17-13-18(2)15-25(14-17)31(28,29)21-11-9-19(10-12-21)23(27)30-16-22(26)24-20-7-5-3-4-6-8-20/h9-12,17-18,20H,3-8,13-16H2,1-2H3,(H,24,26). The van der Waals surface area contributed by atoms with Crippen molar-refractivity contribution in [3.05, 3.63) is 29.8 Å². The number of nitrogens with one attached hydrogen (secondary N) is 1. The zero-order valence-electron chi connectivity index (χ0n) is 18.5. The molecule has 0 bridgehead atoms. The molecule has 1 N–H and O–H groups in total. The van der Waals surface area contributed by atoms with Crippen molar-refractivity contribution >= 4 is 21.9 Å². The molecule has 2 unspecified atom stereocenters. The molecule has 2 atom stereocenters. The van der Waals surface area contributed by atoms with Gasteiger partial charge in [-0.1, -0.05) is 39.5 Å². The van der Waals surface area contributed by atoms with Crippen molar-refractivity contribution in [2.24, 2.45) is 11.8 Å². The van der Waals surface area contributed by atoms with Gasteiger partial charge >= 0.3 is 5.97 Å². The molecule has 1 aliphatic carbocycles. The van der Waals surface area contributed by atoms with Crippen LogP contribution in [0.4, 0.5) is 0 Å². The molecule has 1 saturated heterocycles. The maximum absolute atomic E-state index is 12.9. The first-order chi connectivity index (χ1) is 14.8. The molecule has 2 fully saturated rings. The van der Waals surface area contributed by atoms with E-state index in [1.165, 1.54) is 41.4 Å². The molecule has 172 valence electrons. The molecular formula is C23H34N2O5S. The first-order valence-corrected chi connectivity index (χ1v) is 12.8. The molecule has 0 radical (unpaired) electrons. The summed E-state index contributed by atoms with van der Waals surface area (Å²) < 4.78 is 32.5. The van der Waals surface area contributed by atoms with Crippen LogP contribution in [0, 0.1) is 11.8 Å². The highest BCUT2D eigenvalue weighted by Gasteiger charge is 2.31. The molecule has 0 spiro atoms. The van der Waals surface area contributed by atoms with Gasteiger partial charge in [-0.3, -0.25) is 4.79 Å². The van der Waals surface area contributed by atoms with Gasteiger partial charge in [-0.15, -0.1) is 0 Å². The first kappa shape index (κ1) is 23.7. The van der Waals surface area contributed by atoms with Gasteiger partial charge in [0.2, 0.25) is 10.0 Å². The second kappa shape index (κ2) is 10.6. The number of rotatable bonds is 6. The van der Waals surface area contributed by atoms with Gasteiger partial charge < -0.3 is 10.1 Å². The van der Waals surface area contributed by atoms with Crippen molar-refractivity contribution in [3.63, 3.8) is 0 Å². The van der Waals surface area contributed by atoms with Gasteiger partial charge in [0, 0.05) is 19.1 Å². The first-order valence-electron chi connectivity index (χ1n) is 11.3. The van der Waals surface area contributed by atoms with E-state index in [0.29, 0.717) is 24.9 Å². The highest BCUT2D eigenvalue weighted by Crippen LogP contribution is 2.26. The topological polar surface area (TPSA) is 92.8 Å². The molecule has 1 heterocycles. The molecule has 7 nitrogen and oxygen atoms in total. The Morgan fingerprint density at radius 1 is 1.00 bits per heavy atom. The highest BCUT2D eigenvalue weighted by molar-refractivity contribution is 7.89. The van der Waals surface area contributed by atoms with Gasteiger partial charge in [0.25, 0.3) is 5.91 Å². The lowest BCUT2D eigenvalue weighted by Gasteiger charge is -2.34. The third kappa shape index (κ3) is 6.53. The lowest BCUT2D eigenvalue weighted by Crippen LogP contribution is -2.42. The van der Waals surface area contributed by atoms with Gasteiger partial charge in [0.05, 0.1) is 10.5 Å². The Morgan fingerprint density at radius 2 is 1.58 bits per heavy atom. The van der Waals surface area contributed by atoms with Crippen molar-refractivity contribution in [1.29, 1.82) is 0 Å². The molecule has 1 aromatic rings. The molecule has 1 saturated carbocycles. The fourth-order valence-electron chi connectivity index (χ4n) is 4.62. The van der Waals surface area contributed by atoms with Crippen molar-refractivity contribution < 1.29 is 22.7 Å². The Balaban J connectivity index is 1.54. The Hall–Kier alpha value is -1.93. The number of carbonyl (C=O) groups is 2. The predicted octanol–water partition coefficient (Wildman–Crippen LogP) is 3.35. The van der Waals surface area contributed by atoms with Gasteiger partial charge in [0.15, 0.2) is 6.61 Å². The summed E-state index contributed by atoms with van der Waals surface area (Å²) in [5.41, 5.74) is 0.224. The number of ether oxygens (including phenoxy) is 1. The van der Waals surface area contributed by atoms with Crippen molar-refractivity contribution in [2.45, 2.75) is 69.7 Å². The van der Waals surface area contributed by atoms with Crippen LogP contribution in [-0.2, 0) is 19.6 Å². The van der Waals surface area contributed by atoms with E-state index in [1.807, 2.05) is 0 Å². The summed E-state index contributed by atoms with van der Waals surface area (Å²) in [5.74, 6) is -0.304. The van der Waals surface area contributed by atoms with Crippen LogP contribution in [0.1, 0.15) is 69.2 Å². The number of nitrogens with zero attached hydrogens (tertiary/aromatic N) is 1. The molecular weight excluding hydrogens is 416 g/mol. The number of sulfonamides is 1. The highest BCUT2D eigenvalue weighted by atomic mass is 32.2. The molecule has 3 rings (SSSR count). The SMILES string of the molecule is CC1CC(C)CN(S(=O)(=O)c2ccc(C(=O)OCC(=O)NC3CCCCCC3)cc2)C1. The van der Waals surface area contributed by atoms with E-state index < -0.39 is 16.0 Å². The van der Waals surface area contributed by atoms with Gasteiger partial charge in [0.1, 0.15) is 0 Å². The van der Waals surface area contributed by atoms with Crippen LogP contribution in [0.25, 0.3) is 0 Å². The summed E-state index contributed by atoms with van der Waals surface area (Å²) in [6.07, 6.45) is 7.55. The van der Waals surface area contributed by atoms with E-state index in [1.54, 1.807) is 0 Å². The largest absolute Gasteiger partial charge is 0.452 e. The molecule has 8 heteroatoms. The number of esters is 1. The number of piperidine rings is 1. The summed E-state index contributed by atoms with van der Waals surface area (Å²) >= 11 is 0. The third-order valence-electron chi connectivity index (χ3n) is 6.12. The maximum atomic E-state index is 12.9. The second-order valence-electron chi connectivity index (χ2n) is 9.12. The summed E-state index contributed by atoms with van der Waals surface area (Å²) in [4.78, 5) is 24.5. The van der Waals surface area contributed by atoms with E-state index in [4.69, 9.17) is 4.74 Å². The van der Waals surface area contributed by atoms with E-state index in [-0.39, 0.29) is 29.0 Å². The van der Waals surface area contributed by atoms with Crippen LogP contribution >= 0.6 is 0 Å². The average Bonchev–Trinajstić information content (AvgIpc) is 3.00. The summed E-state index contributed by atoms with van der Waals surface area (Å²) in [6.45, 7) is 4.80. The quantitative estimate of drug-likeness (QED) is 0.530. The zero-order chi connectivity index (χ0) is 22.4. The van der Waals surface area contributed by atoms with Gasteiger partial charge in [-0.25, -0.2) is 13.2 Å². The molecule has 31 heavy (non-hydrogen) atoms. The number of hydrogen-bond acceptors (Lipinski definition) is 5. The molecule has 1 aromatic carbocycles. The lowest BCUT2D eigenvalue weighted by molar-refractivity contribution is -0.125. The minimum absolute atomic E-state index is 0.151. The molecule has 2 aliphatic rings. The van der Waals surface area contributed by atoms with Crippen LogP contribution in [0.2, 0.25) is 0 Å². The number of amides is 1. The lowest BCUT2D eigenvalue weighted by atomic mass is 9.94. The van der Waals surface area contributed by atoms with Crippen molar-refractivity contribution in [3.8, 4) is 0 Å². The fourth-order valence-corrected chi connectivity index (χ4v) is 6.30. The average molecular weight is 451 g/mol. The third-order valence-corrected chi connectivity index (χ3v) is 7.96. The van der Waals surface area contributed by atoms with E-state index >= 15 is 0 Å². The Labute approximate surface area is 185 Å². The molecule has 1 aliphatic heterocycles. The maximum Gasteiger partial charge on any atom is 0.338 e. The van der Waals surface area contributed by atoms with Crippen LogP contribution in [0.5, 0.6) is 0 Å². The Kier molecular flexibility index (Phi) is 8.11. The summed E-state index contributed by atoms with van der Waals surface area (Å²) in [6, 6.07) is 5.89. The summed E-state index contributed by atoms with van der Waals surface area (Å²) in [5, 5.41) is 2.94. The van der Waals surface area contributed by atoms with Gasteiger partial charge in [-0.2, -0.15) is 4.31 Å².